The lowest BCUT2D eigenvalue weighted by Crippen LogP contribution is -2.13. The Kier molecular flexibility index (Phi) is 6.83. The van der Waals surface area contributed by atoms with Crippen LogP contribution in [0.2, 0.25) is 5.15 Å². The second kappa shape index (κ2) is 7.01. The van der Waals surface area contributed by atoms with Gasteiger partial charge in [0.25, 0.3) is 0 Å². The van der Waals surface area contributed by atoms with Crippen LogP contribution in [0.5, 0.6) is 0 Å². The number of pyridine rings is 1. The summed E-state index contributed by atoms with van der Waals surface area (Å²) in [6.45, 7) is 0.658. The molecule has 4 N–H and O–H groups in total. The molecule has 1 aromatic rings. The highest BCUT2D eigenvalue weighted by Gasteiger charge is 2.09. The van der Waals surface area contributed by atoms with Crippen LogP contribution >= 0.6 is 24.0 Å². The summed E-state index contributed by atoms with van der Waals surface area (Å²) < 4.78 is 0. The summed E-state index contributed by atoms with van der Waals surface area (Å²) in [4.78, 5) is 3.96. The molecule has 5 heteroatoms. The van der Waals surface area contributed by atoms with Gasteiger partial charge < -0.3 is 11.5 Å². The van der Waals surface area contributed by atoms with E-state index < -0.39 is 0 Å². The zero-order chi connectivity index (χ0) is 9.68. The summed E-state index contributed by atoms with van der Waals surface area (Å²) in [5, 5.41) is 0.493. The fraction of sp³-hybridized carbons (Fsp3) is 0.444. The molecule has 0 aliphatic carbocycles. The molecule has 0 fully saturated rings. The Bertz CT molecular complexity index is 268. The first-order valence-corrected chi connectivity index (χ1v) is 4.69. The van der Waals surface area contributed by atoms with Crippen LogP contribution in [-0.2, 0) is 0 Å². The number of rotatable bonds is 4. The van der Waals surface area contributed by atoms with Gasteiger partial charge in [-0.05, 0) is 25.5 Å². The van der Waals surface area contributed by atoms with Crippen LogP contribution in [0.1, 0.15) is 24.4 Å². The fourth-order valence-electron chi connectivity index (χ4n) is 1.17. The van der Waals surface area contributed by atoms with Crippen LogP contribution in [0.4, 0.5) is 0 Å². The van der Waals surface area contributed by atoms with E-state index in [4.69, 9.17) is 23.1 Å². The highest BCUT2D eigenvalue weighted by Crippen LogP contribution is 2.21. The Labute approximate surface area is 95.2 Å². The van der Waals surface area contributed by atoms with E-state index in [1.54, 1.807) is 6.20 Å². The molecule has 1 heterocycles. The van der Waals surface area contributed by atoms with E-state index in [0.29, 0.717) is 11.7 Å². The molecule has 1 aromatic heterocycles. The average molecular weight is 236 g/mol. The van der Waals surface area contributed by atoms with Gasteiger partial charge in [0.1, 0.15) is 5.15 Å². The molecule has 0 aliphatic heterocycles. The smallest absolute Gasteiger partial charge is 0.133 e. The van der Waals surface area contributed by atoms with E-state index >= 15 is 0 Å². The van der Waals surface area contributed by atoms with Crippen molar-refractivity contribution in [2.45, 2.75) is 18.9 Å². The monoisotopic (exact) mass is 235 g/mol. The Morgan fingerprint density at radius 2 is 2.21 bits per heavy atom. The average Bonchev–Trinajstić information content (AvgIpc) is 2.15. The third-order valence-corrected chi connectivity index (χ3v) is 2.22. The highest BCUT2D eigenvalue weighted by atomic mass is 35.5. The summed E-state index contributed by atoms with van der Waals surface area (Å²) in [5.41, 5.74) is 12.2. The first kappa shape index (κ1) is 13.7. The largest absolute Gasteiger partial charge is 0.330 e. The molecule has 80 valence electrons. The van der Waals surface area contributed by atoms with Crippen LogP contribution in [0, 0.1) is 0 Å². The molecule has 1 rings (SSSR count). The van der Waals surface area contributed by atoms with Crippen molar-refractivity contribution in [2.75, 3.05) is 6.54 Å². The molecule has 0 saturated heterocycles. The molecule has 0 aliphatic rings. The molecule has 0 unspecified atom stereocenters. The van der Waals surface area contributed by atoms with E-state index in [-0.39, 0.29) is 18.4 Å². The highest BCUT2D eigenvalue weighted by molar-refractivity contribution is 6.30. The number of aromatic nitrogens is 1. The third-order valence-electron chi connectivity index (χ3n) is 1.91. The van der Waals surface area contributed by atoms with Gasteiger partial charge >= 0.3 is 0 Å². The lowest BCUT2D eigenvalue weighted by molar-refractivity contribution is 0.616. The maximum absolute atomic E-state index is 5.90. The number of hydrogen-bond donors (Lipinski definition) is 2. The minimum absolute atomic E-state index is 0. The van der Waals surface area contributed by atoms with Gasteiger partial charge in [0.2, 0.25) is 0 Å². The van der Waals surface area contributed by atoms with E-state index in [0.717, 1.165) is 18.4 Å². The zero-order valence-electron chi connectivity index (χ0n) is 7.82. The third kappa shape index (κ3) is 3.80. The molecular formula is C9H15Cl2N3. The van der Waals surface area contributed by atoms with E-state index in [1.165, 1.54) is 0 Å². The first-order chi connectivity index (χ1) is 6.25. The van der Waals surface area contributed by atoms with Gasteiger partial charge in [-0.25, -0.2) is 4.98 Å². The lowest BCUT2D eigenvalue weighted by atomic mass is 10.1. The number of hydrogen-bond acceptors (Lipinski definition) is 3. The summed E-state index contributed by atoms with van der Waals surface area (Å²) in [7, 11) is 0. The molecule has 0 saturated carbocycles. The van der Waals surface area contributed by atoms with E-state index in [1.807, 2.05) is 12.1 Å². The molecule has 3 nitrogen and oxygen atoms in total. The molecule has 14 heavy (non-hydrogen) atoms. The molecule has 0 radical (unpaired) electrons. The van der Waals surface area contributed by atoms with Crippen molar-refractivity contribution < 1.29 is 0 Å². The molecular weight excluding hydrogens is 221 g/mol. The second-order valence-electron chi connectivity index (χ2n) is 2.92. The maximum Gasteiger partial charge on any atom is 0.133 e. The van der Waals surface area contributed by atoms with Crippen molar-refractivity contribution in [3.8, 4) is 0 Å². The van der Waals surface area contributed by atoms with Gasteiger partial charge in [-0.3, -0.25) is 0 Å². The number of halogens is 2. The summed E-state index contributed by atoms with van der Waals surface area (Å²) in [6, 6.07) is 3.68. The normalized spacial score (nSPS) is 11.9. The van der Waals surface area contributed by atoms with Crippen LogP contribution in [0.25, 0.3) is 0 Å². The second-order valence-corrected chi connectivity index (χ2v) is 3.28. The summed E-state index contributed by atoms with van der Waals surface area (Å²) in [5.74, 6) is 0. The lowest BCUT2D eigenvalue weighted by Gasteiger charge is -2.11. The Hall–Kier alpha value is -0.350. The van der Waals surface area contributed by atoms with Crippen molar-refractivity contribution >= 4 is 24.0 Å². The SMILES string of the molecule is Cl.NCCC[C@H](N)c1cccnc1Cl. The molecule has 0 amide bonds. The number of nitrogens with zero attached hydrogens (tertiary/aromatic N) is 1. The predicted octanol–water partition coefficient (Wildman–Crippen LogP) is 1.90. The van der Waals surface area contributed by atoms with Crippen LogP contribution in [-0.4, -0.2) is 11.5 Å². The van der Waals surface area contributed by atoms with E-state index in [2.05, 4.69) is 4.98 Å². The topological polar surface area (TPSA) is 64.9 Å². The van der Waals surface area contributed by atoms with Gasteiger partial charge in [-0.2, -0.15) is 0 Å². The fourth-order valence-corrected chi connectivity index (χ4v) is 1.43. The zero-order valence-corrected chi connectivity index (χ0v) is 9.39. The van der Waals surface area contributed by atoms with Crippen molar-refractivity contribution in [1.29, 1.82) is 0 Å². The Balaban J connectivity index is 0.00000169. The Morgan fingerprint density at radius 1 is 1.50 bits per heavy atom. The summed E-state index contributed by atoms with van der Waals surface area (Å²) >= 11 is 5.88. The van der Waals surface area contributed by atoms with Crippen LogP contribution in [0.3, 0.4) is 0 Å². The van der Waals surface area contributed by atoms with Gasteiger partial charge in [-0.15, -0.1) is 12.4 Å². The number of nitrogens with two attached hydrogens (primary N) is 2. The van der Waals surface area contributed by atoms with Gasteiger partial charge in [0.15, 0.2) is 0 Å². The molecule has 1 atom stereocenters. The minimum Gasteiger partial charge on any atom is -0.330 e. The van der Waals surface area contributed by atoms with E-state index in [9.17, 15) is 0 Å². The van der Waals surface area contributed by atoms with Crippen molar-refractivity contribution in [3.05, 3.63) is 29.0 Å². The first-order valence-electron chi connectivity index (χ1n) is 4.31. The maximum atomic E-state index is 5.90. The minimum atomic E-state index is -0.0512. The molecule has 0 aromatic carbocycles. The van der Waals surface area contributed by atoms with Crippen molar-refractivity contribution in [1.82, 2.24) is 4.98 Å². The molecule has 0 spiro atoms. The Morgan fingerprint density at radius 3 is 2.79 bits per heavy atom. The molecule has 0 bridgehead atoms. The van der Waals surface area contributed by atoms with Crippen LogP contribution in [0.15, 0.2) is 18.3 Å². The van der Waals surface area contributed by atoms with Gasteiger partial charge in [0, 0.05) is 17.8 Å². The van der Waals surface area contributed by atoms with Crippen molar-refractivity contribution in [3.63, 3.8) is 0 Å². The predicted molar refractivity (Wildman–Crippen MR) is 61.7 cm³/mol. The van der Waals surface area contributed by atoms with Gasteiger partial charge in [-0.1, -0.05) is 17.7 Å². The van der Waals surface area contributed by atoms with Gasteiger partial charge in [0.05, 0.1) is 0 Å². The standard InChI is InChI=1S/C9H14ClN3.ClH/c10-9-7(3-2-6-13-9)8(12)4-1-5-11;/h2-3,6,8H,1,4-5,11-12H2;1H/t8-;/m0./s1. The van der Waals surface area contributed by atoms with Crippen molar-refractivity contribution in [2.24, 2.45) is 11.5 Å². The van der Waals surface area contributed by atoms with Crippen LogP contribution < -0.4 is 11.5 Å². The summed E-state index contributed by atoms with van der Waals surface area (Å²) in [6.07, 6.45) is 3.41. The quantitative estimate of drug-likeness (QED) is 0.784.